The third kappa shape index (κ3) is 44.2. The fourth-order valence-corrected chi connectivity index (χ4v) is 13.8. The molecular weight excluding hydrogens is 1760 g/mol. The molecule has 0 radical (unpaired) electrons. The van der Waals surface area contributed by atoms with Crippen molar-refractivity contribution < 1.29 is 91.7 Å². The van der Waals surface area contributed by atoms with Crippen molar-refractivity contribution >= 4 is 135 Å². The number of H-pyrrole nitrogens is 1. The molecule has 0 aliphatic rings. The second-order valence-corrected chi connectivity index (χ2v) is 32.6. The largest absolute Gasteiger partial charge is 0.508 e. The maximum absolute atomic E-state index is 15.0. The molecule has 1 heterocycles. The van der Waals surface area contributed by atoms with Gasteiger partial charge in [0.15, 0.2) is 23.8 Å². The number of carboxylic acid groups (broad SMARTS) is 1. The van der Waals surface area contributed by atoms with Crippen molar-refractivity contribution in [3.05, 3.63) is 102 Å². The van der Waals surface area contributed by atoms with E-state index in [4.69, 9.17) is 73.2 Å². The lowest BCUT2D eigenvalue weighted by Gasteiger charge is -2.28. The number of carboxylic acids is 1. The van der Waals surface area contributed by atoms with Crippen molar-refractivity contribution in [2.75, 3.05) is 39.3 Å². The number of aromatic nitrogens is 1. The second-order valence-electron chi connectivity index (χ2n) is 32.6. The average molecular weight is 1890 g/mol. The Hall–Kier alpha value is -15.0. The molecule has 4 aromatic rings. The summed E-state index contributed by atoms with van der Waals surface area (Å²) in [6.45, 7) is 3.78. The van der Waals surface area contributed by atoms with Crippen LogP contribution in [0.1, 0.15) is 153 Å². The number of hydrogen-bond acceptors (Lipinski definition) is 24. The fourth-order valence-electron chi connectivity index (χ4n) is 13.8. The monoisotopic (exact) mass is 1890 g/mol. The Morgan fingerprint density at radius 3 is 1.11 bits per heavy atom. The van der Waals surface area contributed by atoms with Crippen molar-refractivity contribution in [3.8, 4) is 5.75 Å². The molecule has 742 valence electrons. The van der Waals surface area contributed by atoms with Crippen molar-refractivity contribution in [1.82, 2.24) is 95.4 Å². The van der Waals surface area contributed by atoms with Crippen molar-refractivity contribution in [2.24, 2.45) is 57.5 Å². The number of aliphatic carboxylic acids is 1. The van der Waals surface area contributed by atoms with Crippen LogP contribution in [0.15, 0.2) is 85.1 Å². The Bertz CT molecular complexity index is 4710. The van der Waals surface area contributed by atoms with Crippen molar-refractivity contribution in [1.29, 1.82) is 21.6 Å². The van der Waals surface area contributed by atoms with Crippen LogP contribution in [-0.2, 0) is 101 Å². The van der Waals surface area contributed by atoms with Crippen LogP contribution < -0.4 is 142 Å². The van der Waals surface area contributed by atoms with Gasteiger partial charge in [-0.05, 0) is 157 Å². The SMILES string of the molecule is CC(C)C[C@H](NC(=O)CNC(=O)[C@H](CCCNC(=N)N)NC(=O)[C@H](CCC(N)=O)NC(=O)[C@H](CCCNC(=N)N)NC(=O)[C@H](C)NC(=O)[C@H](CCC(N)=O)NC(=O)[C@H](Cc1c[nH]c2ccccc12)NC(=O)[C@H](CCCCN)NC(=O)[C@H](CCCNC(=N)N)NC(=O)[C@@H](N)Cc1ccc(O)cc1)C(=O)N[C@@H](CCC(N)=O)C(=O)N[C@@H](CCCNC(=N)N)C(=O)N[C@@H](Cc1ccccc1)C(=O)O. The molecule has 0 saturated heterocycles. The molecule has 13 atom stereocenters. The summed E-state index contributed by atoms with van der Waals surface area (Å²) in [5.41, 5.74) is 53.0. The highest BCUT2D eigenvalue weighted by molar-refractivity contribution is 6.01. The van der Waals surface area contributed by atoms with Gasteiger partial charge in [-0.1, -0.05) is 74.5 Å². The number of amides is 16. The number of benzene rings is 3. The molecule has 50 heteroatoms. The number of carbonyl (C=O) groups is 17. The normalized spacial score (nSPS) is 13.9. The van der Waals surface area contributed by atoms with Gasteiger partial charge >= 0.3 is 5.97 Å². The van der Waals surface area contributed by atoms with Gasteiger partial charge in [0.25, 0.3) is 0 Å². The summed E-state index contributed by atoms with van der Waals surface area (Å²) < 4.78 is 0. The third-order valence-electron chi connectivity index (χ3n) is 20.9. The van der Waals surface area contributed by atoms with E-state index >= 15 is 4.79 Å². The maximum Gasteiger partial charge on any atom is 0.326 e. The first-order valence-electron chi connectivity index (χ1n) is 44.1. The van der Waals surface area contributed by atoms with E-state index in [9.17, 15) is 86.9 Å². The van der Waals surface area contributed by atoms with Crippen LogP contribution in [0.4, 0.5) is 0 Å². The zero-order valence-corrected chi connectivity index (χ0v) is 75.8. The number of nitrogens with one attached hydrogen (secondary N) is 22. The van der Waals surface area contributed by atoms with Crippen molar-refractivity contribution in [2.45, 2.75) is 234 Å². The minimum absolute atomic E-state index is 0.00618. The van der Waals surface area contributed by atoms with E-state index in [1.807, 2.05) is 0 Å². The second kappa shape index (κ2) is 59.4. The Kier molecular flexibility index (Phi) is 49.4. The Balaban J connectivity index is 1.62. The highest BCUT2D eigenvalue weighted by atomic mass is 16.4. The van der Waals surface area contributed by atoms with E-state index in [1.54, 1.807) is 86.8 Å². The van der Waals surface area contributed by atoms with E-state index in [1.165, 1.54) is 19.1 Å². The zero-order valence-electron chi connectivity index (χ0n) is 75.8. The number of nitrogens with two attached hydrogens (primary N) is 9. The lowest BCUT2D eigenvalue weighted by Crippen LogP contribution is -2.60. The van der Waals surface area contributed by atoms with Crippen LogP contribution in [0.25, 0.3) is 10.9 Å². The van der Waals surface area contributed by atoms with Gasteiger partial charge in [0, 0.05) is 75.4 Å². The van der Waals surface area contributed by atoms with Gasteiger partial charge < -0.3 is 157 Å². The molecule has 3 aromatic carbocycles. The van der Waals surface area contributed by atoms with Gasteiger partial charge in [0.2, 0.25) is 94.5 Å². The predicted octanol–water partition coefficient (Wildman–Crippen LogP) is -7.71. The summed E-state index contributed by atoms with van der Waals surface area (Å²) in [5, 5.41) is 94.2. The van der Waals surface area contributed by atoms with Crippen molar-refractivity contribution in [3.63, 3.8) is 0 Å². The minimum atomic E-state index is -1.78. The van der Waals surface area contributed by atoms with E-state index in [2.05, 4.69) is 95.4 Å². The van der Waals surface area contributed by atoms with E-state index in [0.717, 1.165) is 0 Å². The maximum atomic E-state index is 15.0. The number of rotatable bonds is 64. The van der Waals surface area contributed by atoms with Crippen LogP contribution in [0.5, 0.6) is 5.75 Å². The van der Waals surface area contributed by atoms with E-state index in [0.29, 0.717) is 34.0 Å². The molecule has 42 N–H and O–H groups in total. The average Bonchev–Trinajstić information content (AvgIpc) is 1.69. The third-order valence-corrected chi connectivity index (χ3v) is 20.9. The van der Waals surface area contributed by atoms with Gasteiger partial charge in [0.1, 0.15) is 78.3 Å². The fraction of sp³-hybridized carbons (Fsp3) is 0.518. The molecule has 0 aliphatic heterocycles. The number of para-hydroxylation sites is 1. The molecule has 0 saturated carbocycles. The Morgan fingerprint density at radius 2 is 0.704 bits per heavy atom. The van der Waals surface area contributed by atoms with Crippen LogP contribution >= 0.6 is 0 Å². The highest BCUT2D eigenvalue weighted by Crippen LogP contribution is 2.21. The first-order chi connectivity index (χ1) is 63.9. The highest BCUT2D eigenvalue weighted by Gasteiger charge is 2.38. The number of aromatic hydroxyl groups is 1. The zero-order chi connectivity index (χ0) is 100. The molecule has 16 amide bonds. The van der Waals surface area contributed by atoms with Crippen LogP contribution in [0.2, 0.25) is 0 Å². The van der Waals surface area contributed by atoms with Crippen LogP contribution in [-0.4, -0.2) is 257 Å². The van der Waals surface area contributed by atoms with Gasteiger partial charge in [-0.2, -0.15) is 0 Å². The van der Waals surface area contributed by atoms with Gasteiger partial charge in [-0.15, -0.1) is 0 Å². The quantitative estimate of drug-likeness (QED) is 0.0111. The first kappa shape index (κ1) is 112. The molecule has 0 bridgehead atoms. The number of guanidine groups is 4. The smallest absolute Gasteiger partial charge is 0.326 e. The number of carbonyl (C=O) groups excluding carboxylic acids is 16. The molecule has 135 heavy (non-hydrogen) atoms. The topological polar surface area (TPSA) is 881 Å². The predicted molar refractivity (Wildman–Crippen MR) is 496 cm³/mol. The molecule has 4 rings (SSSR count). The molecular formula is C85H133N31O19. The van der Waals surface area contributed by atoms with E-state index < -0.39 is 242 Å². The number of phenols is 1. The molecule has 0 fully saturated rings. The molecule has 1 aromatic heterocycles. The summed E-state index contributed by atoms with van der Waals surface area (Å²) in [6.07, 6.45) is -2.25. The lowest BCUT2D eigenvalue weighted by molar-refractivity contribution is -0.142. The number of aromatic amines is 1. The minimum Gasteiger partial charge on any atom is -0.508 e. The summed E-state index contributed by atoms with van der Waals surface area (Å²) in [6, 6.07) is 1.08. The molecule has 50 nitrogen and oxygen atoms in total. The van der Waals surface area contributed by atoms with Gasteiger partial charge in [-0.25, -0.2) is 4.79 Å². The Labute approximate surface area is 779 Å². The first-order valence-corrected chi connectivity index (χ1v) is 44.1. The van der Waals surface area contributed by atoms with Crippen LogP contribution in [0, 0.1) is 27.6 Å². The number of phenolic OH excluding ortho intramolecular Hbond substituents is 1. The summed E-state index contributed by atoms with van der Waals surface area (Å²) in [5.74, 6) is -19.4. The molecule has 0 unspecified atom stereocenters. The molecule has 0 spiro atoms. The summed E-state index contributed by atoms with van der Waals surface area (Å²) in [4.78, 5) is 240. The molecule has 0 aliphatic carbocycles. The summed E-state index contributed by atoms with van der Waals surface area (Å²) >= 11 is 0. The Morgan fingerprint density at radius 1 is 0.356 bits per heavy atom. The standard InChI is InChI=1S/C85H133N31O19/c1-45(2)39-62(79(132)114-61(30-33-67(90)120)78(131)111-58(23-14-38-102-85(97)98)76(129)116-64(81(134)135)41-47-15-5-4-6-16-47)106-68(121)44-104-71(124)54(20-11-35-99-82(91)92)109-77(130)60(29-32-66(89)119)112-73(126)56(21-12-36-100-83(93)94)107-69(122)46(3)105-72(125)59(28-31-65(88)118)113-80(133)63(42-49-43-103-53-18-8-7-17-51(49)53)115-75(128)55(19-9-10-34-86)110-74(127)57(22-13-37-101-84(95)96)108-70(123)52(87)40-48-24-26-50(117)27-25-48/h4-8,15-18,24-27,43,45-46,52,54-64,103,117H,9-14,19-23,28-42,44,86-87H2,1-3H3,(H2,88,118)(H2,89,119)(H2,90,120)(H,104,124)(H,105,125)(H,106,121)(H,107,122)(H,108,123)(H,109,130)(H,110,127)(H,111,131)(H,112,126)(H,113,133)(H,114,132)(H,115,128)(H,116,129)(H,134,135)(H4,91,92,99)(H4,93,94,100)(H4,95,96,101)(H4,97,98,102)/t46-,52-,54-,55-,56-,57-,58-,59-,60-,61-,62-,63-,64-/m0/s1. The number of unbranched alkanes of at least 4 members (excludes halogenated alkanes) is 1. The lowest BCUT2D eigenvalue weighted by atomic mass is 10.0. The number of hydrogen-bond donors (Lipinski definition) is 33. The summed E-state index contributed by atoms with van der Waals surface area (Å²) in [7, 11) is 0. The van der Waals surface area contributed by atoms with Gasteiger partial charge in [0.05, 0.1) is 12.6 Å². The van der Waals surface area contributed by atoms with Crippen LogP contribution in [0.3, 0.4) is 0 Å². The number of primary amides is 3. The number of fused-ring (bicyclic) bond motifs is 1. The van der Waals surface area contributed by atoms with Gasteiger partial charge in [-0.3, -0.25) is 98.3 Å². The van der Waals surface area contributed by atoms with E-state index in [-0.39, 0.29) is 140 Å².